The Morgan fingerprint density at radius 1 is 1.30 bits per heavy atom. The minimum absolute atomic E-state index is 0.140. The van der Waals surface area contributed by atoms with E-state index in [2.05, 4.69) is 42.4 Å². The quantitative estimate of drug-likeness (QED) is 0.740. The molecule has 0 spiro atoms. The van der Waals surface area contributed by atoms with Crippen LogP contribution in [0.2, 0.25) is 0 Å². The second-order valence-corrected chi connectivity index (χ2v) is 5.77. The highest BCUT2D eigenvalue weighted by molar-refractivity contribution is 7.09. The zero-order valence-electron chi connectivity index (χ0n) is 11.8. The Labute approximate surface area is 125 Å². The Morgan fingerprint density at radius 3 is 2.90 bits per heavy atom. The minimum atomic E-state index is 0.140. The molecule has 0 aliphatic carbocycles. The summed E-state index contributed by atoms with van der Waals surface area (Å²) >= 11 is 1.77. The molecular weight excluding hydrogens is 266 g/mol. The number of rotatable bonds is 8. The van der Waals surface area contributed by atoms with Gasteiger partial charge >= 0.3 is 0 Å². The molecule has 0 amide bonds. The maximum Gasteiger partial charge on any atom is 0.123 e. The van der Waals surface area contributed by atoms with Gasteiger partial charge in [-0.1, -0.05) is 30.3 Å². The van der Waals surface area contributed by atoms with Crippen LogP contribution in [0, 0.1) is 0 Å². The lowest BCUT2D eigenvalue weighted by molar-refractivity contribution is 0.215. The van der Waals surface area contributed by atoms with E-state index in [1.807, 2.05) is 24.3 Å². The largest absolute Gasteiger partial charge is 0.489 e. The van der Waals surface area contributed by atoms with E-state index < -0.39 is 0 Å². The van der Waals surface area contributed by atoms with Crippen LogP contribution < -0.4 is 10.1 Å². The maximum atomic E-state index is 6.01. The summed E-state index contributed by atoms with van der Waals surface area (Å²) in [5, 5.41) is 5.52. The van der Waals surface area contributed by atoms with Crippen molar-refractivity contribution in [3.8, 4) is 5.75 Å². The fraction of sp³-hybridized carbons (Fsp3) is 0.294. The average Bonchev–Trinajstić information content (AvgIpc) is 2.94. The summed E-state index contributed by atoms with van der Waals surface area (Å²) in [6, 6.07) is 12.4. The number of hydrogen-bond donors (Lipinski definition) is 1. The first-order valence-corrected chi connectivity index (χ1v) is 7.76. The van der Waals surface area contributed by atoms with Crippen molar-refractivity contribution in [2.75, 3.05) is 6.54 Å². The van der Waals surface area contributed by atoms with Crippen molar-refractivity contribution in [1.82, 2.24) is 5.32 Å². The van der Waals surface area contributed by atoms with Gasteiger partial charge in [0.25, 0.3) is 0 Å². The molecule has 0 aliphatic heterocycles. The van der Waals surface area contributed by atoms with Crippen molar-refractivity contribution in [1.29, 1.82) is 0 Å². The van der Waals surface area contributed by atoms with E-state index in [4.69, 9.17) is 4.74 Å². The lowest BCUT2D eigenvalue weighted by Crippen LogP contribution is -2.28. The summed E-state index contributed by atoms with van der Waals surface area (Å²) in [5.74, 6) is 0.956. The van der Waals surface area contributed by atoms with E-state index in [1.54, 1.807) is 11.3 Å². The third kappa shape index (κ3) is 4.51. The van der Waals surface area contributed by atoms with E-state index in [0.717, 1.165) is 25.3 Å². The van der Waals surface area contributed by atoms with E-state index >= 15 is 0 Å². The summed E-state index contributed by atoms with van der Waals surface area (Å²) in [6.45, 7) is 7.61. The van der Waals surface area contributed by atoms with Crippen LogP contribution >= 0.6 is 11.3 Å². The number of ether oxygens (including phenoxy) is 1. The lowest BCUT2D eigenvalue weighted by atomic mass is 10.1. The van der Waals surface area contributed by atoms with Gasteiger partial charge < -0.3 is 10.1 Å². The molecule has 1 N–H and O–H groups in total. The molecule has 0 fully saturated rings. The monoisotopic (exact) mass is 287 g/mol. The molecule has 1 atom stereocenters. The van der Waals surface area contributed by atoms with Gasteiger partial charge in [-0.3, -0.25) is 0 Å². The third-order valence-corrected chi connectivity index (χ3v) is 3.85. The predicted octanol–water partition coefficient (Wildman–Crippen LogP) is 4.03. The van der Waals surface area contributed by atoms with E-state index in [-0.39, 0.29) is 6.10 Å². The molecule has 1 aromatic heterocycles. The van der Waals surface area contributed by atoms with E-state index in [1.165, 1.54) is 10.4 Å². The highest BCUT2D eigenvalue weighted by atomic mass is 32.1. The second kappa shape index (κ2) is 7.88. The molecule has 2 aromatic rings. The molecular formula is C17H21NOS. The van der Waals surface area contributed by atoms with Gasteiger partial charge in [-0.05, 0) is 36.4 Å². The van der Waals surface area contributed by atoms with Crippen LogP contribution in [0.1, 0.15) is 17.4 Å². The number of hydrogen-bond acceptors (Lipinski definition) is 3. The first kappa shape index (κ1) is 14.8. The van der Waals surface area contributed by atoms with Crippen LogP contribution in [-0.2, 0) is 13.0 Å². The van der Waals surface area contributed by atoms with Gasteiger partial charge in [0.1, 0.15) is 11.9 Å². The second-order valence-electron chi connectivity index (χ2n) is 4.74. The summed E-state index contributed by atoms with van der Waals surface area (Å²) in [7, 11) is 0. The topological polar surface area (TPSA) is 21.3 Å². The van der Waals surface area contributed by atoms with Crippen LogP contribution in [0.25, 0.3) is 0 Å². The molecule has 20 heavy (non-hydrogen) atoms. The Bertz CT molecular complexity index is 522. The number of para-hydroxylation sites is 1. The van der Waals surface area contributed by atoms with Gasteiger partial charge in [0.2, 0.25) is 0 Å². The van der Waals surface area contributed by atoms with Crippen molar-refractivity contribution in [3.05, 3.63) is 64.9 Å². The van der Waals surface area contributed by atoms with Crippen LogP contribution in [-0.4, -0.2) is 12.6 Å². The molecule has 3 heteroatoms. The number of thiophene rings is 1. The zero-order valence-corrected chi connectivity index (χ0v) is 12.7. The Balaban J connectivity index is 1.81. The Kier molecular flexibility index (Phi) is 5.84. The van der Waals surface area contributed by atoms with Crippen molar-refractivity contribution in [3.63, 3.8) is 0 Å². The summed E-state index contributed by atoms with van der Waals surface area (Å²) in [4.78, 5) is 1.35. The van der Waals surface area contributed by atoms with E-state index in [9.17, 15) is 0 Å². The molecule has 1 unspecified atom stereocenters. The highest BCUT2D eigenvalue weighted by Crippen LogP contribution is 2.20. The van der Waals surface area contributed by atoms with Crippen LogP contribution in [0.15, 0.2) is 54.4 Å². The van der Waals surface area contributed by atoms with Gasteiger partial charge in [-0.25, -0.2) is 0 Å². The van der Waals surface area contributed by atoms with Gasteiger partial charge in [0, 0.05) is 18.0 Å². The molecule has 0 bridgehead atoms. The number of nitrogens with one attached hydrogen (secondary N) is 1. The molecule has 2 nitrogen and oxygen atoms in total. The fourth-order valence-electron chi connectivity index (χ4n) is 2.01. The van der Waals surface area contributed by atoms with Crippen molar-refractivity contribution >= 4 is 11.3 Å². The fourth-order valence-corrected chi connectivity index (χ4v) is 2.69. The molecule has 106 valence electrons. The Morgan fingerprint density at radius 2 is 2.15 bits per heavy atom. The van der Waals surface area contributed by atoms with Gasteiger partial charge in [-0.2, -0.15) is 0 Å². The first-order valence-electron chi connectivity index (χ1n) is 6.88. The molecule has 0 radical (unpaired) electrons. The number of allylic oxidation sites excluding steroid dienone is 1. The van der Waals surface area contributed by atoms with Crippen LogP contribution in [0.3, 0.4) is 0 Å². The molecule has 0 saturated carbocycles. The van der Waals surface area contributed by atoms with Gasteiger partial charge in [-0.15, -0.1) is 17.9 Å². The average molecular weight is 287 g/mol. The molecule has 1 heterocycles. The van der Waals surface area contributed by atoms with Crippen molar-refractivity contribution in [2.45, 2.75) is 26.0 Å². The molecule has 0 aliphatic rings. The van der Waals surface area contributed by atoms with Crippen molar-refractivity contribution < 1.29 is 4.74 Å². The SMILES string of the molecule is C=CCc1ccccc1OC(C)CNCc1cccs1. The summed E-state index contributed by atoms with van der Waals surface area (Å²) in [5.41, 5.74) is 1.19. The van der Waals surface area contributed by atoms with E-state index in [0.29, 0.717) is 0 Å². The zero-order chi connectivity index (χ0) is 14.2. The molecule has 1 aromatic carbocycles. The van der Waals surface area contributed by atoms with Crippen molar-refractivity contribution in [2.24, 2.45) is 0 Å². The van der Waals surface area contributed by atoms with Gasteiger partial charge in [0.05, 0.1) is 0 Å². The highest BCUT2D eigenvalue weighted by Gasteiger charge is 2.07. The van der Waals surface area contributed by atoms with Gasteiger partial charge in [0.15, 0.2) is 0 Å². The third-order valence-electron chi connectivity index (χ3n) is 2.98. The minimum Gasteiger partial charge on any atom is -0.489 e. The summed E-state index contributed by atoms with van der Waals surface area (Å²) in [6.07, 6.45) is 2.88. The molecule has 2 rings (SSSR count). The first-order chi connectivity index (χ1) is 9.79. The maximum absolute atomic E-state index is 6.01. The summed E-state index contributed by atoms with van der Waals surface area (Å²) < 4.78 is 6.01. The Hall–Kier alpha value is -1.58. The van der Waals surface area contributed by atoms with Crippen LogP contribution in [0.5, 0.6) is 5.75 Å². The van der Waals surface area contributed by atoms with Crippen LogP contribution in [0.4, 0.5) is 0 Å². The lowest BCUT2D eigenvalue weighted by Gasteiger charge is -2.17. The normalized spacial score (nSPS) is 12.1. The smallest absolute Gasteiger partial charge is 0.123 e. The standard InChI is InChI=1S/C17H21NOS/c1-3-7-15-8-4-5-10-17(15)19-14(2)12-18-13-16-9-6-11-20-16/h3-6,8-11,14,18H,1,7,12-13H2,2H3. The predicted molar refractivity (Wildman–Crippen MR) is 86.5 cm³/mol. The molecule has 0 saturated heterocycles. The number of benzene rings is 1.